The lowest BCUT2D eigenvalue weighted by Crippen LogP contribution is -2.26. The van der Waals surface area contributed by atoms with Crippen LogP contribution in [-0.4, -0.2) is 42.1 Å². The SMILES string of the molecule is CCCCC[C@H](O)/C=C/[C@@H]1[C@H]2Cc3cccc(OCC(=O)OC)c3C[C@H]2C[C@H]1O. The minimum atomic E-state index is -0.429. The van der Waals surface area contributed by atoms with Crippen molar-refractivity contribution in [1.29, 1.82) is 0 Å². The number of rotatable bonds is 9. The Kier molecular flexibility index (Phi) is 7.73. The summed E-state index contributed by atoms with van der Waals surface area (Å²) in [5.41, 5.74) is 2.37. The smallest absolute Gasteiger partial charge is 0.343 e. The maximum Gasteiger partial charge on any atom is 0.343 e. The highest BCUT2D eigenvalue weighted by Crippen LogP contribution is 2.47. The number of benzene rings is 1. The van der Waals surface area contributed by atoms with Crippen LogP contribution >= 0.6 is 0 Å². The Hall–Kier alpha value is -1.85. The maximum absolute atomic E-state index is 11.4. The molecule has 29 heavy (non-hydrogen) atoms. The summed E-state index contributed by atoms with van der Waals surface area (Å²) in [7, 11) is 1.35. The van der Waals surface area contributed by atoms with E-state index in [0.717, 1.165) is 56.3 Å². The largest absolute Gasteiger partial charge is 0.482 e. The van der Waals surface area contributed by atoms with E-state index in [9.17, 15) is 15.0 Å². The number of hydrogen-bond acceptors (Lipinski definition) is 5. The summed E-state index contributed by atoms with van der Waals surface area (Å²) in [5.74, 6) is 1.18. The fourth-order valence-corrected chi connectivity index (χ4v) is 4.89. The van der Waals surface area contributed by atoms with Gasteiger partial charge in [-0.25, -0.2) is 4.79 Å². The molecule has 1 fully saturated rings. The monoisotopic (exact) mass is 402 g/mol. The molecule has 0 bridgehead atoms. The lowest BCUT2D eigenvalue weighted by atomic mass is 9.74. The van der Waals surface area contributed by atoms with E-state index in [1.807, 2.05) is 18.2 Å². The van der Waals surface area contributed by atoms with Crippen LogP contribution in [0.2, 0.25) is 0 Å². The molecule has 2 N–H and O–H groups in total. The Labute approximate surface area is 173 Å². The topological polar surface area (TPSA) is 76.0 Å². The number of aliphatic hydroxyl groups excluding tert-OH is 2. The van der Waals surface area contributed by atoms with E-state index in [4.69, 9.17) is 4.74 Å². The second kappa shape index (κ2) is 10.3. The summed E-state index contributed by atoms with van der Waals surface area (Å²) >= 11 is 0. The van der Waals surface area contributed by atoms with Gasteiger partial charge in [-0.1, -0.05) is 50.5 Å². The number of hydrogen-bond donors (Lipinski definition) is 2. The molecule has 160 valence electrons. The Morgan fingerprint density at radius 1 is 1.31 bits per heavy atom. The predicted molar refractivity (Wildman–Crippen MR) is 112 cm³/mol. The fraction of sp³-hybridized carbons (Fsp3) is 0.625. The Bertz CT molecular complexity index is 713. The van der Waals surface area contributed by atoms with Gasteiger partial charge in [-0.3, -0.25) is 0 Å². The summed E-state index contributed by atoms with van der Waals surface area (Å²) < 4.78 is 10.4. The third kappa shape index (κ3) is 5.40. The first kappa shape index (κ1) is 21.8. The molecular weight excluding hydrogens is 368 g/mol. The van der Waals surface area contributed by atoms with Crippen LogP contribution in [0.25, 0.3) is 0 Å². The number of methoxy groups -OCH3 is 1. The van der Waals surface area contributed by atoms with E-state index in [2.05, 4.69) is 23.8 Å². The van der Waals surface area contributed by atoms with E-state index in [1.54, 1.807) is 0 Å². The van der Waals surface area contributed by atoms with Crippen molar-refractivity contribution in [2.45, 2.75) is 64.1 Å². The van der Waals surface area contributed by atoms with Crippen molar-refractivity contribution in [2.24, 2.45) is 17.8 Å². The van der Waals surface area contributed by atoms with Crippen molar-refractivity contribution in [3.8, 4) is 5.75 Å². The number of fused-ring (bicyclic) bond motifs is 2. The molecule has 0 spiro atoms. The van der Waals surface area contributed by atoms with Crippen molar-refractivity contribution in [3.63, 3.8) is 0 Å². The fourth-order valence-electron chi connectivity index (χ4n) is 4.89. The van der Waals surface area contributed by atoms with Gasteiger partial charge < -0.3 is 19.7 Å². The van der Waals surface area contributed by atoms with Crippen molar-refractivity contribution in [3.05, 3.63) is 41.5 Å². The number of aliphatic hydroxyl groups is 2. The number of unbranched alkanes of at least 4 members (excludes halogenated alkanes) is 2. The third-order valence-corrected chi connectivity index (χ3v) is 6.47. The second-order valence-electron chi connectivity index (χ2n) is 8.42. The van der Waals surface area contributed by atoms with Gasteiger partial charge in [0.15, 0.2) is 6.61 Å². The average molecular weight is 403 g/mol. The molecule has 3 rings (SSSR count). The predicted octanol–water partition coefficient (Wildman–Crippen LogP) is 3.45. The van der Waals surface area contributed by atoms with E-state index in [-0.39, 0.29) is 18.6 Å². The van der Waals surface area contributed by atoms with E-state index >= 15 is 0 Å². The third-order valence-electron chi connectivity index (χ3n) is 6.47. The second-order valence-corrected chi connectivity index (χ2v) is 8.42. The van der Waals surface area contributed by atoms with Gasteiger partial charge in [0.2, 0.25) is 0 Å². The highest BCUT2D eigenvalue weighted by molar-refractivity contribution is 5.71. The van der Waals surface area contributed by atoms with Gasteiger partial charge in [0.25, 0.3) is 0 Å². The normalized spacial score (nSPS) is 26.8. The van der Waals surface area contributed by atoms with Crippen LogP contribution in [-0.2, 0) is 22.4 Å². The molecule has 1 saturated carbocycles. The first-order chi connectivity index (χ1) is 14.0. The lowest BCUT2D eigenvalue weighted by molar-refractivity contribution is -0.142. The Balaban J connectivity index is 1.68. The quantitative estimate of drug-likeness (QED) is 0.376. The van der Waals surface area contributed by atoms with Crippen LogP contribution in [0.4, 0.5) is 0 Å². The van der Waals surface area contributed by atoms with Crippen molar-refractivity contribution in [1.82, 2.24) is 0 Å². The Morgan fingerprint density at radius 2 is 2.14 bits per heavy atom. The van der Waals surface area contributed by atoms with Gasteiger partial charge in [0, 0.05) is 5.92 Å². The number of esters is 1. The van der Waals surface area contributed by atoms with Crippen LogP contribution < -0.4 is 4.74 Å². The average Bonchev–Trinajstić information content (AvgIpc) is 3.02. The molecule has 0 radical (unpaired) electrons. The number of carbonyl (C=O) groups is 1. The molecule has 0 amide bonds. The molecular formula is C24H34O5. The van der Waals surface area contributed by atoms with Gasteiger partial charge in [0.05, 0.1) is 19.3 Å². The van der Waals surface area contributed by atoms with Gasteiger partial charge in [0.1, 0.15) is 5.75 Å². The molecule has 0 heterocycles. The zero-order chi connectivity index (χ0) is 20.8. The highest BCUT2D eigenvalue weighted by atomic mass is 16.6. The van der Waals surface area contributed by atoms with Crippen LogP contribution in [0.5, 0.6) is 5.75 Å². The molecule has 1 aromatic carbocycles. The molecule has 0 unspecified atom stereocenters. The van der Waals surface area contributed by atoms with E-state index < -0.39 is 12.1 Å². The molecule has 0 saturated heterocycles. The van der Waals surface area contributed by atoms with Gasteiger partial charge >= 0.3 is 5.97 Å². The first-order valence-corrected chi connectivity index (χ1v) is 10.9. The number of ether oxygens (including phenoxy) is 2. The molecule has 2 aliphatic carbocycles. The minimum Gasteiger partial charge on any atom is -0.482 e. The summed E-state index contributed by atoms with van der Waals surface area (Å²) in [6, 6.07) is 5.97. The Morgan fingerprint density at radius 3 is 2.90 bits per heavy atom. The lowest BCUT2D eigenvalue weighted by Gasteiger charge is -2.31. The molecule has 5 nitrogen and oxygen atoms in total. The standard InChI is InChI=1S/C24H34O5/c1-3-4-5-8-18(25)10-11-19-20-12-16-7-6-9-23(29-15-24(27)28-2)21(16)13-17(20)14-22(19)26/h6-7,9-11,17-20,22,25-26H,3-5,8,12-15H2,1-2H3/b11-10+/t17-,18-,19+,20-,22+/m0/s1. The minimum absolute atomic E-state index is 0.0774. The molecule has 0 aliphatic heterocycles. The summed E-state index contributed by atoms with van der Waals surface area (Å²) in [4.78, 5) is 11.4. The molecule has 5 heteroatoms. The molecule has 5 atom stereocenters. The van der Waals surface area contributed by atoms with Crippen LogP contribution in [0.1, 0.15) is 50.2 Å². The zero-order valence-corrected chi connectivity index (χ0v) is 17.5. The highest BCUT2D eigenvalue weighted by Gasteiger charge is 2.44. The molecule has 2 aliphatic rings. The van der Waals surface area contributed by atoms with Crippen molar-refractivity contribution in [2.75, 3.05) is 13.7 Å². The maximum atomic E-state index is 11.4. The first-order valence-electron chi connectivity index (χ1n) is 10.9. The van der Waals surface area contributed by atoms with Crippen molar-refractivity contribution >= 4 is 5.97 Å². The van der Waals surface area contributed by atoms with Crippen LogP contribution in [0, 0.1) is 17.8 Å². The molecule has 0 aromatic heterocycles. The van der Waals surface area contributed by atoms with Gasteiger partial charge in [-0.2, -0.15) is 0 Å². The van der Waals surface area contributed by atoms with Crippen LogP contribution in [0.15, 0.2) is 30.4 Å². The summed E-state index contributed by atoms with van der Waals surface area (Å²) in [5, 5.41) is 20.9. The molecule has 1 aromatic rings. The summed E-state index contributed by atoms with van der Waals surface area (Å²) in [6.45, 7) is 2.06. The van der Waals surface area contributed by atoms with E-state index in [1.165, 1.54) is 12.7 Å². The number of carbonyl (C=O) groups excluding carboxylic acids is 1. The summed E-state index contributed by atoms with van der Waals surface area (Å²) in [6.07, 6.45) is 9.71. The van der Waals surface area contributed by atoms with Gasteiger partial charge in [-0.05, 0) is 54.7 Å². The zero-order valence-electron chi connectivity index (χ0n) is 17.5. The van der Waals surface area contributed by atoms with Crippen molar-refractivity contribution < 1.29 is 24.5 Å². The van der Waals surface area contributed by atoms with E-state index in [0.29, 0.717) is 11.8 Å². The van der Waals surface area contributed by atoms with Gasteiger partial charge in [-0.15, -0.1) is 0 Å². The van der Waals surface area contributed by atoms with Crippen LogP contribution in [0.3, 0.4) is 0 Å².